The molecule has 2 heterocycles. The van der Waals surface area contributed by atoms with Crippen LogP contribution in [-0.2, 0) is 23.0 Å². The van der Waals surface area contributed by atoms with E-state index in [0.717, 1.165) is 16.6 Å². The first kappa shape index (κ1) is 13.3. The van der Waals surface area contributed by atoms with Crippen molar-refractivity contribution in [3.05, 3.63) is 30.0 Å². The molecule has 20 heavy (non-hydrogen) atoms. The number of carbonyl (C=O) groups excluding carboxylic acids is 1. The van der Waals surface area contributed by atoms with Crippen molar-refractivity contribution in [2.24, 2.45) is 13.0 Å². The van der Waals surface area contributed by atoms with Gasteiger partial charge >= 0.3 is 0 Å². The molecule has 0 amide bonds. The van der Waals surface area contributed by atoms with E-state index in [-0.39, 0.29) is 17.7 Å². The van der Waals surface area contributed by atoms with Gasteiger partial charge in [0.2, 0.25) is 0 Å². The summed E-state index contributed by atoms with van der Waals surface area (Å²) in [4.78, 5) is 12.5. The predicted molar refractivity (Wildman–Crippen MR) is 76.6 cm³/mol. The fraction of sp³-hybridized carbons (Fsp3) is 0.467. The van der Waals surface area contributed by atoms with Crippen LogP contribution in [0.1, 0.15) is 5.69 Å². The van der Waals surface area contributed by atoms with Crippen molar-refractivity contribution in [2.75, 3.05) is 20.3 Å². The number of nitrogens with zero attached hydrogens (tertiary/aromatic N) is 2. The Hall–Kier alpha value is -1.72. The van der Waals surface area contributed by atoms with Crippen LogP contribution in [0.25, 0.3) is 10.9 Å². The number of hydrogen-bond donors (Lipinski definition) is 1. The maximum absolute atomic E-state index is 12.5. The minimum Gasteiger partial charge on any atom is -0.379 e. The lowest BCUT2D eigenvalue weighted by molar-refractivity contribution is -0.122. The lowest BCUT2D eigenvalue weighted by Crippen LogP contribution is -2.37. The van der Waals surface area contributed by atoms with E-state index in [0.29, 0.717) is 19.6 Å². The summed E-state index contributed by atoms with van der Waals surface area (Å²) in [5.41, 5.74) is 1.91. The number of ketones is 1. The number of fused-ring (bicyclic) bond motifs is 1. The number of Topliss-reactive ketones (excluding diaryl/α,β-unsaturated/α-hetero) is 1. The van der Waals surface area contributed by atoms with Gasteiger partial charge in [-0.1, -0.05) is 18.2 Å². The smallest absolute Gasteiger partial charge is 0.145 e. The van der Waals surface area contributed by atoms with Crippen LogP contribution >= 0.6 is 0 Å². The van der Waals surface area contributed by atoms with E-state index < -0.39 is 0 Å². The van der Waals surface area contributed by atoms with E-state index in [1.54, 1.807) is 0 Å². The number of hydrogen-bond acceptors (Lipinski definition) is 4. The Labute approximate surface area is 117 Å². The number of para-hydroxylation sites is 1. The van der Waals surface area contributed by atoms with Gasteiger partial charge in [-0.15, -0.1) is 0 Å². The highest BCUT2D eigenvalue weighted by atomic mass is 16.5. The van der Waals surface area contributed by atoms with Crippen molar-refractivity contribution in [3.8, 4) is 0 Å². The summed E-state index contributed by atoms with van der Waals surface area (Å²) in [5.74, 6) is 0.131. The van der Waals surface area contributed by atoms with Crippen molar-refractivity contribution < 1.29 is 9.53 Å². The van der Waals surface area contributed by atoms with E-state index in [9.17, 15) is 4.79 Å². The number of rotatable bonds is 4. The Kier molecular flexibility index (Phi) is 3.54. The summed E-state index contributed by atoms with van der Waals surface area (Å²) in [7, 11) is 3.78. The number of aromatic nitrogens is 2. The molecule has 0 bridgehead atoms. The average molecular weight is 273 g/mol. The molecule has 1 aromatic carbocycles. The monoisotopic (exact) mass is 273 g/mol. The summed E-state index contributed by atoms with van der Waals surface area (Å²) in [6, 6.07) is 8.12. The lowest BCUT2D eigenvalue weighted by atomic mass is 9.95. The highest BCUT2D eigenvalue weighted by molar-refractivity contribution is 5.90. The van der Waals surface area contributed by atoms with Gasteiger partial charge in [0, 0.05) is 18.5 Å². The van der Waals surface area contributed by atoms with E-state index in [4.69, 9.17) is 4.74 Å². The Morgan fingerprint density at radius 2 is 2.25 bits per heavy atom. The Bertz CT molecular complexity index is 635. The highest BCUT2D eigenvalue weighted by Gasteiger charge is 2.33. The maximum Gasteiger partial charge on any atom is 0.145 e. The SMILES string of the molecule is CNC1COCC1C(=O)Cc1nn(C)c2ccccc12. The topological polar surface area (TPSA) is 56.1 Å². The number of nitrogens with one attached hydrogen (secondary N) is 1. The Morgan fingerprint density at radius 3 is 3.05 bits per heavy atom. The van der Waals surface area contributed by atoms with E-state index in [2.05, 4.69) is 10.4 Å². The van der Waals surface area contributed by atoms with E-state index >= 15 is 0 Å². The first-order valence-corrected chi connectivity index (χ1v) is 6.89. The van der Waals surface area contributed by atoms with Gasteiger partial charge in [0.15, 0.2) is 0 Å². The summed E-state index contributed by atoms with van der Waals surface area (Å²) in [5, 5.41) is 8.70. The van der Waals surface area contributed by atoms with Crippen molar-refractivity contribution >= 4 is 16.7 Å². The van der Waals surface area contributed by atoms with Crippen molar-refractivity contribution in [1.82, 2.24) is 15.1 Å². The van der Waals surface area contributed by atoms with E-state index in [1.807, 2.05) is 43.0 Å². The minimum atomic E-state index is -0.0687. The number of carbonyl (C=O) groups is 1. The van der Waals surface area contributed by atoms with Gasteiger partial charge in [-0.05, 0) is 13.1 Å². The molecule has 2 aromatic rings. The van der Waals surface area contributed by atoms with Gasteiger partial charge in [-0.2, -0.15) is 5.10 Å². The molecular formula is C15H19N3O2. The minimum absolute atomic E-state index is 0.0687. The van der Waals surface area contributed by atoms with Crippen LogP contribution in [0.15, 0.2) is 24.3 Å². The first-order valence-electron chi connectivity index (χ1n) is 6.89. The molecule has 1 N–H and O–H groups in total. The molecule has 0 saturated carbocycles. The van der Waals surface area contributed by atoms with Crippen molar-refractivity contribution in [3.63, 3.8) is 0 Å². The lowest BCUT2D eigenvalue weighted by Gasteiger charge is -2.14. The third-order valence-electron chi connectivity index (χ3n) is 4.04. The number of benzene rings is 1. The number of likely N-dealkylation sites (N-methyl/N-ethyl adjacent to an activating group) is 1. The third-order valence-corrected chi connectivity index (χ3v) is 4.04. The van der Waals surface area contributed by atoms with Crippen LogP contribution < -0.4 is 5.32 Å². The Balaban J connectivity index is 1.84. The third kappa shape index (κ3) is 2.23. The molecule has 2 atom stereocenters. The summed E-state index contributed by atoms with van der Waals surface area (Å²) >= 11 is 0. The molecule has 106 valence electrons. The van der Waals surface area contributed by atoms with Crippen LogP contribution in [0.2, 0.25) is 0 Å². The molecule has 1 aliphatic heterocycles. The molecule has 1 saturated heterocycles. The van der Waals surface area contributed by atoms with Gasteiger partial charge < -0.3 is 10.1 Å². The van der Waals surface area contributed by atoms with Crippen LogP contribution in [-0.4, -0.2) is 41.9 Å². The number of ether oxygens (including phenoxy) is 1. The predicted octanol–water partition coefficient (Wildman–Crippen LogP) is 0.919. The normalized spacial score (nSPS) is 22.5. The molecular weight excluding hydrogens is 254 g/mol. The van der Waals surface area contributed by atoms with Crippen LogP contribution in [0, 0.1) is 5.92 Å². The molecule has 0 spiro atoms. The second-order valence-electron chi connectivity index (χ2n) is 5.27. The van der Waals surface area contributed by atoms with Gasteiger partial charge in [0.1, 0.15) is 5.78 Å². The van der Waals surface area contributed by atoms with Gasteiger partial charge in [0.05, 0.1) is 36.8 Å². The van der Waals surface area contributed by atoms with Crippen molar-refractivity contribution in [2.45, 2.75) is 12.5 Å². The molecule has 1 aromatic heterocycles. The average Bonchev–Trinajstić information content (AvgIpc) is 3.05. The molecule has 3 rings (SSSR count). The zero-order chi connectivity index (χ0) is 14.1. The molecule has 1 fully saturated rings. The zero-order valence-electron chi connectivity index (χ0n) is 11.8. The van der Waals surface area contributed by atoms with Gasteiger partial charge in [0.25, 0.3) is 0 Å². The maximum atomic E-state index is 12.5. The fourth-order valence-electron chi connectivity index (χ4n) is 2.87. The summed E-state index contributed by atoms with van der Waals surface area (Å²) in [6.07, 6.45) is 0.369. The second kappa shape index (κ2) is 5.34. The van der Waals surface area contributed by atoms with Gasteiger partial charge in [-0.3, -0.25) is 9.48 Å². The molecule has 5 nitrogen and oxygen atoms in total. The Morgan fingerprint density at radius 1 is 1.45 bits per heavy atom. The second-order valence-corrected chi connectivity index (χ2v) is 5.27. The van der Waals surface area contributed by atoms with Crippen molar-refractivity contribution in [1.29, 1.82) is 0 Å². The first-order chi connectivity index (χ1) is 9.70. The summed E-state index contributed by atoms with van der Waals surface area (Å²) < 4.78 is 7.24. The van der Waals surface area contributed by atoms with Crippen LogP contribution in [0.4, 0.5) is 0 Å². The quantitative estimate of drug-likeness (QED) is 0.900. The fourth-order valence-corrected chi connectivity index (χ4v) is 2.87. The number of aryl methyl sites for hydroxylation is 1. The molecule has 0 aliphatic carbocycles. The molecule has 5 heteroatoms. The molecule has 2 unspecified atom stereocenters. The standard InChI is InChI=1S/C15H19N3O2/c1-16-13-9-20-8-11(13)15(19)7-12-10-5-3-4-6-14(10)18(2)17-12/h3-6,11,13,16H,7-9H2,1-2H3. The zero-order valence-corrected chi connectivity index (χ0v) is 11.8. The largest absolute Gasteiger partial charge is 0.379 e. The van der Waals surface area contributed by atoms with Crippen LogP contribution in [0.5, 0.6) is 0 Å². The highest BCUT2D eigenvalue weighted by Crippen LogP contribution is 2.21. The summed E-state index contributed by atoms with van der Waals surface area (Å²) in [6.45, 7) is 1.12. The molecule has 1 aliphatic rings. The van der Waals surface area contributed by atoms with Gasteiger partial charge in [-0.25, -0.2) is 0 Å². The van der Waals surface area contributed by atoms with Crippen LogP contribution in [0.3, 0.4) is 0 Å². The van der Waals surface area contributed by atoms with E-state index in [1.165, 1.54) is 0 Å². The molecule has 0 radical (unpaired) electrons.